The molecule has 6 heteroatoms. The van der Waals surface area contributed by atoms with Crippen molar-refractivity contribution in [2.45, 2.75) is 284 Å². The van der Waals surface area contributed by atoms with Crippen LogP contribution in [-0.4, -0.2) is 37.2 Å². The summed E-state index contributed by atoms with van der Waals surface area (Å²) in [5.41, 5.74) is 0. The molecule has 0 radical (unpaired) electrons. The predicted molar refractivity (Wildman–Crippen MR) is 261 cm³/mol. The Labute approximate surface area is 378 Å². The molecule has 0 saturated heterocycles. The summed E-state index contributed by atoms with van der Waals surface area (Å²) >= 11 is 0. The fraction of sp³-hybridized carbons (Fsp3) is 0.836. The van der Waals surface area contributed by atoms with Crippen LogP contribution >= 0.6 is 0 Å². The molecule has 0 bridgehead atoms. The highest BCUT2D eigenvalue weighted by atomic mass is 16.6. The second-order valence-electron chi connectivity index (χ2n) is 17.8. The Morgan fingerprint density at radius 1 is 0.328 bits per heavy atom. The number of carbonyl (C=O) groups excluding carboxylic acids is 3. The Morgan fingerprint density at radius 2 is 0.590 bits per heavy atom. The molecule has 6 nitrogen and oxygen atoms in total. The first-order valence-electron chi connectivity index (χ1n) is 26.5. The van der Waals surface area contributed by atoms with Gasteiger partial charge in [0.05, 0.1) is 0 Å². The van der Waals surface area contributed by atoms with Crippen LogP contribution in [0.25, 0.3) is 0 Å². The van der Waals surface area contributed by atoms with E-state index in [1.807, 2.05) is 0 Å². The van der Waals surface area contributed by atoms with Gasteiger partial charge in [-0.2, -0.15) is 0 Å². The number of carbonyl (C=O) groups is 3. The third-order valence-electron chi connectivity index (χ3n) is 11.6. The standard InChI is InChI=1S/C55H100O6/c1-4-7-10-13-16-19-22-24-26-28-30-31-33-36-39-42-45-48-54(57)60-51-52(50-59-53(56)47-44-41-38-35-21-18-15-12-9-6-3)61-55(58)49-46-43-40-37-34-32-29-27-25-23-20-17-14-11-8-5-2/h16,19,24,26-27,29,52H,4-15,17-18,20-23,25,28,30-51H2,1-3H3/b19-16-,26-24-,29-27-. The highest BCUT2D eigenvalue weighted by Crippen LogP contribution is 2.15. The molecule has 0 N–H and O–H groups in total. The lowest BCUT2D eigenvalue weighted by Crippen LogP contribution is -2.30. The average molecular weight is 857 g/mol. The van der Waals surface area contributed by atoms with Gasteiger partial charge in [-0.1, -0.05) is 218 Å². The van der Waals surface area contributed by atoms with E-state index in [-0.39, 0.29) is 31.1 Å². The lowest BCUT2D eigenvalue weighted by Gasteiger charge is -2.18. The smallest absolute Gasteiger partial charge is 0.306 e. The first-order chi connectivity index (χ1) is 30.0. The maximum atomic E-state index is 12.8. The van der Waals surface area contributed by atoms with Crippen LogP contribution in [0.1, 0.15) is 278 Å². The summed E-state index contributed by atoms with van der Waals surface area (Å²) in [5.74, 6) is -0.883. The molecule has 0 heterocycles. The summed E-state index contributed by atoms with van der Waals surface area (Å²) in [7, 11) is 0. The van der Waals surface area contributed by atoms with Gasteiger partial charge in [-0.15, -0.1) is 0 Å². The third kappa shape index (κ3) is 48.5. The number of rotatable bonds is 48. The summed E-state index contributed by atoms with van der Waals surface area (Å²) in [4.78, 5) is 37.9. The monoisotopic (exact) mass is 857 g/mol. The SMILES string of the molecule is CCCCC/C=C\C/C=C\CCCCCCCCCC(=O)OCC(COC(=O)CCCCCCCCCCCC)OC(=O)CCCCCCC/C=C\CCCCCCCCC. The van der Waals surface area contributed by atoms with Crippen LogP contribution in [0.5, 0.6) is 0 Å². The average Bonchev–Trinajstić information content (AvgIpc) is 3.26. The molecule has 0 aromatic rings. The van der Waals surface area contributed by atoms with Crippen LogP contribution in [0.2, 0.25) is 0 Å². The number of hydrogen-bond donors (Lipinski definition) is 0. The minimum Gasteiger partial charge on any atom is -0.462 e. The quantitative estimate of drug-likeness (QED) is 0.0262. The maximum absolute atomic E-state index is 12.8. The van der Waals surface area contributed by atoms with Crippen LogP contribution in [0.3, 0.4) is 0 Å². The Kier molecular flexibility index (Phi) is 48.3. The van der Waals surface area contributed by atoms with Crippen molar-refractivity contribution < 1.29 is 28.6 Å². The molecule has 0 spiro atoms. The van der Waals surface area contributed by atoms with Gasteiger partial charge < -0.3 is 14.2 Å². The molecule has 1 atom stereocenters. The molecule has 0 aromatic carbocycles. The maximum Gasteiger partial charge on any atom is 0.306 e. The number of esters is 3. The van der Waals surface area contributed by atoms with Crippen LogP contribution < -0.4 is 0 Å². The highest BCUT2D eigenvalue weighted by molar-refractivity contribution is 5.71. The van der Waals surface area contributed by atoms with Crippen molar-refractivity contribution in [3.05, 3.63) is 36.5 Å². The first-order valence-corrected chi connectivity index (χ1v) is 26.5. The molecule has 0 aliphatic carbocycles. The summed E-state index contributed by atoms with van der Waals surface area (Å²) in [6.07, 6.45) is 58.4. The normalized spacial score (nSPS) is 12.2. The first kappa shape index (κ1) is 58.6. The van der Waals surface area contributed by atoms with E-state index in [1.54, 1.807) is 0 Å². The van der Waals surface area contributed by atoms with E-state index in [2.05, 4.69) is 57.2 Å². The Bertz CT molecular complexity index is 1030. The number of allylic oxidation sites excluding steroid dienone is 6. The molecule has 0 aliphatic rings. The van der Waals surface area contributed by atoms with Crippen molar-refractivity contribution in [1.82, 2.24) is 0 Å². The summed E-state index contributed by atoms with van der Waals surface area (Å²) in [6.45, 7) is 6.61. The minimum atomic E-state index is -0.775. The molecule has 61 heavy (non-hydrogen) atoms. The summed E-state index contributed by atoms with van der Waals surface area (Å²) in [6, 6.07) is 0. The van der Waals surface area contributed by atoms with E-state index in [9.17, 15) is 14.4 Å². The molecule has 0 saturated carbocycles. The Morgan fingerprint density at radius 3 is 0.951 bits per heavy atom. The molecule has 0 amide bonds. The lowest BCUT2D eigenvalue weighted by atomic mass is 10.1. The van der Waals surface area contributed by atoms with Gasteiger partial charge in [0, 0.05) is 19.3 Å². The zero-order valence-corrected chi connectivity index (χ0v) is 40.7. The van der Waals surface area contributed by atoms with E-state index < -0.39 is 6.10 Å². The molecule has 356 valence electrons. The molecule has 1 unspecified atom stereocenters. The topological polar surface area (TPSA) is 78.9 Å². The van der Waals surface area contributed by atoms with E-state index >= 15 is 0 Å². The van der Waals surface area contributed by atoms with Gasteiger partial charge in [0.1, 0.15) is 13.2 Å². The highest BCUT2D eigenvalue weighted by Gasteiger charge is 2.19. The Hall–Kier alpha value is -2.37. The van der Waals surface area contributed by atoms with Gasteiger partial charge >= 0.3 is 17.9 Å². The van der Waals surface area contributed by atoms with E-state index in [4.69, 9.17) is 14.2 Å². The van der Waals surface area contributed by atoms with Crippen LogP contribution in [0.15, 0.2) is 36.5 Å². The fourth-order valence-corrected chi connectivity index (χ4v) is 7.59. The molecule has 0 aliphatic heterocycles. The fourth-order valence-electron chi connectivity index (χ4n) is 7.59. The van der Waals surface area contributed by atoms with Gasteiger partial charge in [-0.3, -0.25) is 14.4 Å². The van der Waals surface area contributed by atoms with Crippen molar-refractivity contribution in [1.29, 1.82) is 0 Å². The zero-order valence-electron chi connectivity index (χ0n) is 40.7. The molecular weight excluding hydrogens is 757 g/mol. The lowest BCUT2D eigenvalue weighted by molar-refractivity contribution is -0.167. The molecular formula is C55H100O6. The van der Waals surface area contributed by atoms with Crippen LogP contribution in [-0.2, 0) is 28.6 Å². The van der Waals surface area contributed by atoms with Gasteiger partial charge in [0.25, 0.3) is 0 Å². The second-order valence-corrected chi connectivity index (χ2v) is 17.8. The molecule has 0 rings (SSSR count). The van der Waals surface area contributed by atoms with Gasteiger partial charge in [-0.25, -0.2) is 0 Å². The third-order valence-corrected chi connectivity index (χ3v) is 11.6. The van der Waals surface area contributed by atoms with E-state index in [0.717, 1.165) is 77.0 Å². The number of unbranched alkanes of at least 4 members (excludes halogenated alkanes) is 31. The van der Waals surface area contributed by atoms with Crippen LogP contribution in [0, 0.1) is 0 Å². The van der Waals surface area contributed by atoms with E-state index in [0.29, 0.717) is 19.3 Å². The minimum absolute atomic E-state index is 0.0753. The van der Waals surface area contributed by atoms with Crippen molar-refractivity contribution in [3.63, 3.8) is 0 Å². The number of hydrogen-bond acceptors (Lipinski definition) is 6. The van der Waals surface area contributed by atoms with Crippen molar-refractivity contribution in [2.24, 2.45) is 0 Å². The van der Waals surface area contributed by atoms with Gasteiger partial charge in [0.2, 0.25) is 0 Å². The summed E-state index contributed by atoms with van der Waals surface area (Å²) < 4.78 is 16.8. The number of ether oxygens (including phenoxy) is 3. The van der Waals surface area contributed by atoms with Crippen molar-refractivity contribution >= 4 is 17.9 Å². The van der Waals surface area contributed by atoms with Crippen LogP contribution in [0.4, 0.5) is 0 Å². The van der Waals surface area contributed by atoms with Gasteiger partial charge in [0.15, 0.2) is 6.10 Å². The molecule has 0 fully saturated rings. The van der Waals surface area contributed by atoms with Crippen molar-refractivity contribution in [2.75, 3.05) is 13.2 Å². The van der Waals surface area contributed by atoms with Gasteiger partial charge in [-0.05, 0) is 77.0 Å². The Balaban J connectivity index is 4.34. The van der Waals surface area contributed by atoms with E-state index in [1.165, 1.54) is 161 Å². The predicted octanol–water partition coefficient (Wildman–Crippen LogP) is 17.3. The summed E-state index contributed by atoms with van der Waals surface area (Å²) in [5, 5.41) is 0. The molecule has 0 aromatic heterocycles. The largest absolute Gasteiger partial charge is 0.462 e. The van der Waals surface area contributed by atoms with Crippen molar-refractivity contribution in [3.8, 4) is 0 Å². The zero-order chi connectivity index (χ0) is 44.4. The second kappa shape index (κ2) is 50.3.